The van der Waals surface area contributed by atoms with E-state index in [1.165, 1.54) is 38.5 Å². The monoisotopic (exact) mass is 275 g/mol. The first-order valence-corrected chi connectivity index (χ1v) is 7.33. The maximum atomic E-state index is 12.0. The highest BCUT2D eigenvalue weighted by molar-refractivity contribution is 6.62. The largest absolute Gasteiger partial charge is 0.471 e. The van der Waals surface area contributed by atoms with E-state index in [0.717, 1.165) is 18.0 Å². The van der Waals surface area contributed by atoms with Gasteiger partial charge in [0.05, 0.1) is 0 Å². The molecule has 0 atom stereocenters. The Hall–Kier alpha value is -0.675. The number of carbonyl (C=O) groups is 1. The molecule has 0 saturated carbocycles. The molecule has 108 valence electrons. The van der Waals surface area contributed by atoms with E-state index in [0.29, 0.717) is 13.1 Å². The molecule has 0 aromatic rings. The lowest BCUT2D eigenvalue weighted by atomic mass is 9.26. The fourth-order valence-corrected chi connectivity index (χ4v) is 3.93. The van der Waals surface area contributed by atoms with E-state index in [-0.39, 0.29) is 6.54 Å². The highest BCUT2D eigenvalue weighted by Gasteiger charge is 2.39. The lowest BCUT2D eigenvalue weighted by molar-refractivity contribution is -0.173. The highest BCUT2D eigenvalue weighted by Crippen LogP contribution is 2.47. The van der Waals surface area contributed by atoms with Crippen molar-refractivity contribution in [3.05, 3.63) is 0 Å². The molecule has 2 rings (SSSR count). The Balaban J connectivity index is 1.69. The number of hydrogen-bond acceptors (Lipinski definition) is 1. The van der Waals surface area contributed by atoms with Crippen molar-refractivity contribution in [2.75, 3.05) is 6.54 Å². The number of fused-ring (bicyclic) bond motifs is 2. The maximum Gasteiger partial charge on any atom is 0.471 e. The average Bonchev–Trinajstić information content (AvgIpc) is 2.32. The second-order valence-electron chi connectivity index (χ2n) is 5.94. The summed E-state index contributed by atoms with van der Waals surface area (Å²) in [5.41, 5.74) is 0. The van der Waals surface area contributed by atoms with Crippen LogP contribution in [0.15, 0.2) is 0 Å². The Morgan fingerprint density at radius 1 is 1.11 bits per heavy atom. The summed E-state index contributed by atoms with van der Waals surface area (Å²) in [6.45, 7) is 0.833. The molecule has 2 bridgehead atoms. The highest BCUT2D eigenvalue weighted by atomic mass is 19.4. The van der Waals surface area contributed by atoms with Crippen LogP contribution >= 0.6 is 0 Å². The van der Waals surface area contributed by atoms with Crippen molar-refractivity contribution in [2.24, 2.45) is 0 Å². The Morgan fingerprint density at radius 2 is 1.63 bits per heavy atom. The van der Waals surface area contributed by atoms with Gasteiger partial charge in [0.25, 0.3) is 0 Å². The molecule has 2 nitrogen and oxygen atoms in total. The zero-order chi connectivity index (χ0) is 13.9. The zero-order valence-corrected chi connectivity index (χ0v) is 11.1. The van der Waals surface area contributed by atoms with Gasteiger partial charge in [0.15, 0.2) is 0 Å². The molecule has 0 aliphatic carbocycles. The van der Waals surface area contributed by atoms with Crippen LogP contribution in [0, 0.1) is 0 Å². The molecule has 0 unspecified atom stereocenters. The Labute approximate surface area is 112 Å². The van der Waals surface area contributed by atoms with Gasteiger partial charge in [-0.1, -0.05) is 56.5 Å². The first-order valence-electron chi connectivity index (χ1n) is 7.33. The smallest absolute Gasteiger partial charge is 0.348 e. The van der Waals surface area contributed by atoms with Gasteiger partial charge >= 0.3 is 12.1 Å². The second kappa shape index (κ2) is 6.18. The van der Waals surface area contributed by atoms with Gasteiger partial charge in [0, 0.05) is 6.54 Å². The summed E-state index contributed by atoms with van der Waals surface area (Å²) in [6, 6.07) is 0. The summed E-state index contributed by atoms with van der Waals surface area (Å²) < 4.78 is 36.0. The Kier molecular flexibility index (Phi) is 4.79. The number of nitrogens with one attached hydrogen (secondary N) is 1. The first-order chi connectivity index (χ1) is 8.98. The van der Waals surface area contributed by atoms with Gasteiger partial charge in [0.1, 0.15) is 6.71 Å². The molecule has 2 aliphatic rings. The van der Waals surface area contributed by atoms with Crippen LogP contribution in [0.2, 0.25) is 18.0 Å². The summed E-state index contributed by atoms with van der Waals surface area (Å²) in [7, 11) is 0. The zero-order valence-electron chi connectivity index (χ0n) is 11.1. The quantitative estimate of drug-likeness (QED) is 0.615. The van der Waals surface area contributed by atoms with Crippen molar-refractivity contribution in [1.29, 1.82) is 0 Å². The fraction of sp³-hybridized carbons (Fsp3) is 0.923. The standard InChI is InChI=1S/C13H21BF3NO/c15-13(16,17)12(19)18-9-3-8-14-10-4-1-5-11(14)7-2-6-10/h10-11H,1-9H2,(H,18,19). The van der Waals surface area contributed by atoms with Crippen LogP contribution in [-0.2, 0) is 4.79 Å². The van der Waals surface area contributed by atoms with E-state index in [2.05, 4.69) is 0 Å². The summed E-state index contributed by atoms with van der Waals surface area (Å²) in [5, 5.41) is 1.96. The predicted molar refractivity (Wildman–Crippen MR) is 69.4 cm³/mol. The second-order valence-corrected chi connectivity index (χ2v) is 5.94. The molecule has 6 heteroatoms. The van der Waals surface area contributed by atoms with Crippen LogP contribution < -0.4 is 5.32 Å². The van der Waals surface area contributed by atoms with Crippen molar-refractivity contribution in [3.8, 4) is 0 Å². The molecule has 0 aromatic carbocycles. The van der Waals surface area contributed by atoms with Crippen LogP contribution in [0.4, 0.5) is 13.2 Å². The lowest BCUT2D eigenvalue weighted by Gasteiger charge is -2.40. The SMILES string of the molecule is O=C(NCCCB1C2CCCC1CCC2)C(F)(F)F. The van der Waals surface area contributed by atoms with Gasteiger partial charge in [-0.3, -0.25) is 4.79 Å². The van der Waals surface area contributed by atoms with Gasteiger partial charge < -0.3 is 5.32 Å². The minimum absolute atomic E-state index is 0.147. The third kappa shape index (κ3) is 3.89. The van der Waals surface area contributed by atoms with Crippen molar-refractivity contribution in [2.45, 2.75) is 69.1 Å². The number of rotatable bonds is 4. The summed E-state index contributed by atoms with van der Waals surface area (Å²) >= 11 is 0. The number of hydrogen-bond donors (Lipinski definition) is 1. The lowest BCUT2D eigenvalue weighted by Crippen LogP contribution is -2.38. The van der Waals surface area contributed by atoms with Gasteiger partial charge in [0.2, 0.25) is 0 Å². The van der Waals surface area contributed by atoms with E-state index in [9.17, 15) is 18.0 Å². The molecule has 2 fully saturated rings. The van der Waals surface area contributed by atoms with Crippen molar-refractivity contribution in [1.82, 2.24) is 5.32 Å². The van der Waals surface area contributed by atoms with Gasteiger partial charge in [-0.25, -0.2) is 0 Å². The molecule has 0 aromatic heterocycles. The van der Waals surface area contributed by atoms with E-state index in [1.54, 1.807) is 0 Å². The number of halogens is 3. The van der Waals surface area contributed by atoms with Crippen molar-refractivity contribution < 1.29 is 18.0 Å². The number of alkyl halides is 3. The number of carbonyl (C=O) groups excluding carboxylic acids is 1. The van der Waals surface area contributed by atoms with Crippen molar-refractivity contribution in [3.63, 3.8) is 0 Å². The molecule has 2 heterocycles. The molecule has 19 heavy (non-hydrogen) atoms. The van der Waals surface area contributed by atoms with E-state index in [4.69, 9.17) is 0 Å². The topological polar surface area (TPSA) is 29.1 Å². The van der Waals surface area contributed by atoms with Gasteiger partial charge in [-0.05, 0) is 6.42 Å². The third-order valence-electron chi connectivity index (χ3n) is 4.77. The van der Waals surface area contributed by atoms with Crippen LogP contribution in [0.3, 0.4) is 0 Å². The van der Waals surface area contributed by atoms with Crippen molar-refractivity contribution >= 4 is 12.6 Å². The van der Waals surface area contributed by atoms with Crippen LogP contribution in [-0.4, -0.2) is 25.3 Å². The normalized spacial score (nSPS) is 27.2. The molecular formula is C13H21BF3NO. The van der Waals surface area contributed by atoms with Crippen LogP contribution in [0.1, 0.15) is 44.9 Å². The minimum atomic E-state index is -4.75. The summed E-state index contributed by atoms with van der Waals surface area (Å²) in [5.74, 6) is -0.243. The van der Waals surface area contributed by atoms with Gasteiger partial charge in [-0.2, -0.15) is 13.2 Å². The van der Waals surface area contributed by atoms with E-state index in [1.807, 2.05) is 5.32 Å². The molecule has 2 saturated heterocycles. The Bertz CT molecular complexity index is 300. The number of amides is 1. The van der Waals surface area contributed by atoms with E-state index < -0.39 is 12.1 Å². The molecule has 1 N–H and O–H groups in total. The summed E-state index contributed by atoms with van der Waals surface area (Å²) in [4.78, 5) is 10.7. The molecular weight excluding hydrogens is 254 g/mol. The average molecular weight is 275 g/mol. The van der Waals surface area contributed by atoms with Gasteiger partial charge in [-0.15, -0.1) is 0 Å². The Morgan fingerprint density at radius 3 is 2.11 bits per heavy atom. The minimum Gasteiger partial charge on any atom is -0.348 e. The van der Waals surface area contributed by atoms with Crippen LogP contribution in [0.5, 0.6) is 0 Å². The molecule has 0 radical (unpaired) electrons. The molecule has 0 spiro atoms. The third-order valence-corrected chi connectivity index (χ3v) is 4.77. The molecule has 1 amide bonds. The first kappa shape index (κ1) is 14.7. The van der Waals surface area contributed by atoms with E-state index >= 15 is 0 Å². The van der Waals surface area contributed by atoms with Crippen LogP contribution in [0.25, 0.3) is 0 Å². The predicted octanol–water partition coefficient (Wildman–Crippen LogP) is 3.66. The fourth-order valence-electron chi connectivity index (χ4n) is 3.93. The molecule has 2 aliphatic heterocycles. The summed E-state index contributed by atoms with van der Waals surface area (Å²) in [6.07, 6.45) is 4.67. The maximum absolute atomic E-state index is 12.0.